The molecule has 1 atom stereocenters. The number of likely N-dealkylation sites (tertiary alicyclic amines) is 1. The van der Waals surface area contributed by atoms with E-state index in [9.17, 15) is 4.79 Å². The number of hydrogen-bond acceptors (Lipinski definition) is 5. The molecule has 4 rings (SSSR count). The van der Waals surface area contributed by atoms with Crippen molar-refractivity contribution in [3.05, 3.63) is 36.2 Å². The molecule has 0 bridgehead atoms. The van der Waals surface area contributed by atoms with Crippen LogP contribution < -0.4 is 0 Å². The van der Waals surface area contributed by atoms with Crippen LogP contribution in [0, 0.1) is 0 Å². The summed E-state index contributed by atoms with van der Waals surface area (Å²) in [5.41, 5.74) is 0.787. The molecule has 21 heavy (non-hydrogen) atoms. The lowest BCUT2D eigenvalue weighted by Gasteiger charge is -2.05. The second-order valence-electron chi connectivity index (χ2n) is 5.28. The topological polar surface area (TPSA) is 72.4 Å². The fourth-order valence-electron chi connectivity index (χ4n) is 2.62. The highest BCUT2D eigenvalue weighted by Crippen LogP contribution is 2.30. The van der Waals surface area contributed by atoms with Crippen LogP contribution in [0.3, 0.4) is 0 Å². The highest BCUT2D eigenvalue weighted by atomic mass is 16.5. The molecule has 0 N–H and O–H groups in total. The number of rotatable bonds is 2. The standard InChI is InChI=1S/C15H13N3O3/c1-18-8-10(7-13(18)19)15-16-14(17-21-15)12-6-9-4-2-3-5-11(9)20-12/h2-6,10H,7-8H2,1H3/t10-/m1/s1. The van der Waals surface area contributed by atoms with Crippen molar-refractivity contribution < 1.29 is 13.7 Å². The van der Waals surface area contributed by atoms with Crippen LogP contribution in [0.25, 0.3) is 22.6 Å². The Balaban J connectivity index is 1.66. The number of benzene rings is 1. The summed E-state index contributed by atoms with van der Waals surface area (Å²) in [4.78, 5) is 17.6. The third kappa shape index (κ3) is 1.99. The van der Waals surface area contributed by atoms with Crippen molar-refractivity contribution in [3.8, 4) is 11.6 Å². The molecule has 1 aliphatic heterocycles. The molecule has 2 aromatic heterocycles. The molecule has 0 aliphatic carbocycles. The quantitative estimate of drug-likeness (QED) is 0.722. The Morgan fingerprint density at radius 2 is 2.19 bits per heavy atom. The van der Waals surface area contributed by atoms with Gasteiger partial charge in [0.1, 0.15) is 5.58 Å². The molecule has 6 heteroatoms. The van der Waals surface area contributed by atoms with Gasteiger partial charge in [0.05, 0.1) is 5.92 Å². The maximum atomic E-state index is 11.6. The molecule has 3 aromatic rings. The number of fused-ring (bicyclic) bond motifs is 1. The largest absolute Gasteiger partial charge is 0.453 e. The van der Waals surface area contributed by atoms with Gasteiger partial charge in [-0.2, -0.15) is 4.98 Å². The van der Waals surface area contributed by atoms with Crippen LogP contribution in [0.2, 0.25) is 0 Å². The maximum Gasteiger partial charge on any atom is 0.238 e. The van der Waals surface area contributed by atoms with Gasteiger partial charge in [-0.05, 0) is 12.1 Å². The van der Waals surface area contributed by atoms with Crippen molar-refractivity contribution in [2.75, 3.05) is 13.6 Å². The van der Waals surface area contributed by atoms with Crippen molar-refractivity contribution >= 4 is 16.9 Å². The van der Waals surface area contributed by atoms with Gasteiger partial charge in [-0.15, -0.1) is 0 Å². The highest BCUT2D eigenvalue weighted by Gasteiger charge is 2.32. The molecule has 1 fully saturated rings. The zero-order chi connectivity index (χ0) is 14.4. The zero-order valence-corrected chi connectivity index (χ0v) is 11.4. The molecule has 0 spiro atoms. The van der Waals surface area contributed by atoms with Gasteiger partial charge in [-0.25, -0.2) is 0 Å². The van der Waals surface area contributed by atoms with Gasteiger partial charge in [0.25, 0.3) is 0 Å². The Labute approximate surface area is 120 Å². The molecule has 3 heterocycles. The van der Waals surface area contributed by atoms with E-state index >= 15 is 0 Å². The summed E-state index contributed by atoms with van der Waals surface area (Å²) < 4.78 is 11.0. The second-order valence-corrected chi connectivity index (χ2v) is 5.28. The van der Waals surface area contributed by atoms with Crippen molar-refractivity contribution in [2.45, 2.75) is 12.3 Å². The third-order valence-electron chi connectivity index (χ3n) is 3.78. The summed E-state index contributed by atoms with van der Waals surface area (Å²) >= 11 is 0. The highest BCUT2D eigenvalue weighted by molar-refractivity contribution is 5.81. The zero-order valence-electron chi connectivity index (χ0n) is 11.4. The van der Waals surface area contributed by atoms with Crippen molar-refractivity contribution in [2.24, 2.45) is 0 Å². The lowest BCUT2D eigenvalue weighted by molar-refractivity contribution is -0.126. The minimum Gasteiger partial charge on any atom is -0.453 e. The van der Waals surface area contributed by atoms with E-state index in [1.165, 1.54) is 0 Å². The molecule has 1 aliphatic rings. The van der Waals surface area contributed by atoms with Crippen LogP contribution in [0.1, 0.15) is 18.2 Å². The molecule has 0 unspecified atom stereocenters. The van der Waals surface area contributed by atoms with E-state index in [4.69, 9.17) is 8.94 Å². The minimum atomic E-state index is -0.0341. The van der Waals surface area contributed by atoms with Crippen molar-refractivity contribution in [1.29, 1.82) is 0 Å². The van der Waals surface area contributed by atoms with E-state index in [-0.39, 0.29) is 11.8 Å². The van der Waals surface area contributed by atoms with Gasteiger partial charge in [0.2, 0.25) is 17.6 Å². The van der Waals surface area contributed by atoms with E-state index in [2.05, 4.69) is 10.1 Å². The SMILES string of the molecule is CN1C[C@H](c2nc(-c3cc4ccccc4o3)no2)CC1=O. The number of aromatic nitrogens is 2. The summed E-state index contributed by atoms with van der Waals surface area (Å²) in [5, 5.41) is 4.96. The van der Waals surface area contributed by atoms with E-state index in [0.29, 0.717) is 30.4 Å². The van der Waals surface area contributed by atoms with Crippen LogP contribution in [-0.2, 0) is 4.79 Å². The Hall–Kier alpha value is -2.63. The molecule has 1 aromatic carbocycles. The van der Waals surface area contributed by atoms with Gasteiger partial charge in [-0.3, -0.25) is 4.79 Å². The lowest BCUT2D eigenvalue weighted by Crippen LogP contribution is -2.18. The van der Waals surface area contributed by atoms with Crippen molar-refractivity contribution in [1.82, 2.24) is 15.0 Å². The number of nitrogens with zero attached hydrogens (tertiary/aromatic N) is 3. The monoisotopic (exact) mass is 283 g/mol. The smallest absolute Gasteiger partial charge is 0.238 e. The average molecular weight is 283 g/mol. The first-order valence-corrected chi connectivity index (χ1v) is 6.77. The fraction of sp³-hybridized carbons (Fsp3) is 0.267. The Morgan fingerprint density at radius 3 is 2.95 bits per heavy atom. The third-order valence-corrected chi connectivity index (χ3v) is 3.78. The second kappa shape index (κ2) is 4.44. The van der Waals surface area contributed by atoms with Crippen LogP contribution in [-0.4, -0.2) is 34.5 Å². The molecule has 0 radical (unpaired) electrons. The summed E-state index contributed by atoms with van der Waals surface area (Å²) in [6, 6.07) is 9.61. The van der Waals surface area contributed by atoms with E-state index in [1.54, 1.807) is 11.9 Å². The molecule has 6 nitrogen and oxygen atoms in total. The number of furan rings is 1. The number of carbonyl (C=O) groups excluding carboxylic acids is 1. The Morgan fingerprint density at radius 1 is 1.33 bits per heavy atom. The van der Waals surface area contributed by atoms with Gasteiger partial charge in [0, 0.05) is 25.4 Å². The predicted molar refractivity (Wildman–Crippen MR) is 74.5 cm³/mol. The molecule has 106 valence electrons. The Kier molecular flexibility index (Phi) is 2.57. The normalized spacial score (nSPS) is 18.8. The molecule has 1 amide bonds. The first kappa shape index (κ1) is 12.1. The van der Waals surface area contributed by atoms with E-state index in [0.717, 1.165) is 11.0 Å². The maximum absolute atomic E-state index is 11.6. The van der Waals surface area contributed by atoms with Crippen LogP contribution in [0.15, 0.2) is 39.3 Å². The number of carbonyl (C=O) groups is 1. The number of amides is 1. The Bertz CT molecular complexity index is 787. The van der Waals surface area contributed by atoms with Crippen LogP contribution in [0.5, 0.6) is 0 Å². The predicted octanol–water partition coefficient (Wildman–Crippen LogP) is 2.43. The van der Waals surface area contributed by atoms with Crippen molar-refractivity contribution in [3.63, 3.8) is 0 Å². The fourth-order valence-corrected chi connectivity index (χ4v) is 2.62. The van der Waals surface area contributed by atoms with E-state index in [1.807, 2.05) is 30.3 Å². The van der Waals surface area contributed by atoms with Crippen LogP contribution in [0.4, 0.5) is 0 Å². The number of likely N-dealkylation sites (N-methyl/N-ethyl adjacent to an activating group) is 1. The average Bonchev–Trinajstić information content (AvgIpc) is 3.17. The minimum absolute atomic E-state index is 0.0341. The number of hydrogen-bond donors (Lipinski definition) is 0. The summed E-state index contributed by atoms with van der Waals surface area (Å²) in [6.45, 7) is 0.612. The summed E-state index contributed by atoms with van der Waals surface area (Å²) in [6.07, 6.45) is 0.415. The molecule has 1 saturated heterocycles. The number of para-hydroxylation sites is 1. The van der Waals surface area contributed by atoms with Gasteiger partial charge in [-0.1, -0.05) is 23.4 Å². The molecular weight excluding hydrogens is 270 g/mol. The first-order chi connectivity index (χ1) is 10.2. The van der Waals surface area contributed by atoms with Gasteiger partial charge >= 0.3 is 0 Å². The van der Waals surface area contributed by atoms with Gasteiger partial charge in [0.15, 0.2) is 5.76 Å². The van der Waals surface area contributed by atoms with Crippen LogP contribution >= 0.6 is 0 Å². The summed E-state index contributed by atoms with van der Waals surface area (Å²) in [7, 11) is 1.78. The van der Waals surface area contributed by atoms with Gasteiger partial charge < -0.3 is 13.8 Å². The lowest BCUT2D eigenvalue weighted by atomic mass is 10.1. The molecular formula is C15H13N3O3. The molecule has 0 saturated carbocycles. The van der Waals surface area contributed by atoms with E-state index < -0.39 is 0 Å². The first-order valence-electron chi connectivity index (χ1n) is 6.77. The summed E-state index contributed by atoms with van der Waals surface area (Å²) in [5.74, 6) is 1.55.